The third-order valence-electron chi connectivity index (χ3n) is 5.73. The number of fused-ring (bicyclic) bond motifs is 10. The maximum atomic E-state index is 6.30. The zero-order valence-corrected chi connectivity index (χ0v) is 14.9. The van der Waals surface area contributed by atoms with Crippen LogP contribution < -0.4 is 9.14 Å². The highest BCUT2D eigenvalue weighted by atomic mass is 16.5. The SMILES string of the molecule is c1ccc2c(c1)nc1c3c(ccn12)Oc1cc[n+]2c([nH]c4ccccc42)c1C3. The van der Waals surface area contributed by atoms with E-state index in [4.69, 9.17) is 9.72 Å². The van der Waals surface area contributed by atoms with E-state index in [0.29, 0.717) is 0 Å². The van der Waals surface area contributed by atoms with Crippen molar-refractivity contribution in [1.82, 2.24) is 14.4 Å². The molecule has 1 N–H and O–H groups in total. The van der Waals surface area contributed by atoms with Crippen LogP contribution >= 0.6 is 0 Å². The number of pyridine rings is 2. The molecule has 5 heteroatoms. The molecule has 0 fully saturated rings. The van der Waals surface area contributed by atoms with E-state index in [1.54, 1.807) is 0 Å². The lowest BCUT2D eigenvalue weighted by Gasteiger charge is -2.19. The molecule has 0 bridgehead atoms. The van der Waals surface area contributed by atoms with E-state index in [0.717, 1.165) is 62.4 Å². The number of hydrogen-bond acceptors (Lipinski definition) is 2. The van der Waals surface area contributed by atoms with E-state index in [1.807, 2.05) is 24.4 Å². The normalized spacial score (nSPS) is 13.1. The summed E-state index contributed by atoms with van der Waals surface area (Å²) in [4.78, 5) is 8.46. The van der Waals surface area contributed by atoms with Gasteiger partial charge >= 0.3 is 0 Å². The van der Waals surface area contributed by atoms with Gasteiger partial charge in [-0.15, -0.1) is 0 Å². The highest BCUT2D eigenvalue weighted by Gasteiger charge is 2.27. The number of aromatic nitrogens is 4. The summed E-state index contributed by atoms with van der Waals surface area (Å²) >= 11 is 0. The molecular weight excluding hydrogens is 348 g/mol. The van der Waals surface area contributed by atoms with Crippen LogP contribution in [0.15, 0.2) is 73.1 Å². The van der Waals surface area contributed by atoms with E-state index >= 15 is 0 Å². The molecule has 5 heterocycles. The van der Waals surface area contributed by atoms with Crippen molar-refractivity contribution in [1.29, 1.82) is 0 Å². The fourth-order valence-corrected chi connectivity index (χ4v) is 4.42. The first-order chi connectivity index (χ1) is 13.9. The second-order valence-electron chi connectivity index (χ2n) is 7.25. The topological polar surface area (TPSA) is 46.4 Å². The summed E-state index contributed by atoms with van der Waals surface area (Å²) in [6, 6.07) is 20.7. The van der Waals surface area contributed by atoms with Crippen LogP contribution in [0.1, 0.15) is 11.1 Å². The number of para-hydroxylation sites is 4. The Morgan fingerprint density at radius 1 is 0.929 bits per heavy atom. The number of hydrogen-bond donors (Lipinski definition) is 1. The third-order valence-corrected chi connectivity index (χ3v) is 5.73. The zero-order chi connectivity index (χ0) is 18.2. The Kier molecular flexibility index (Phi) is 2.49. The van der Waals surface area contributed by atoms with Crippen LogP contribution in [0.25, 0.3) is 33.4 Å². The maximum absolute atomic E-state index is 6.30. The van der Waals surface area contributed by atoms with Crippen LogP contribution in [0.2, 0.25) is 0 Å². The molecule has 0 atom stereocenters. The summed E-state index contributed by atoms with van der Waals surface area (Å²) < 4.78 is 10.7. The first-order valence-electron chi connectivity index (χ1n) is 9.37. The second kappa shape index (κ2) is 4.89. The van der Waals surface area contributed by atoms with Gasteiger partial charge in [-0.05, 0) is 30.3 Å². The van der Waals surface area contributed by atoms with Gasteiger partial charge in [0, 0.05) is 24.2 Å². The van der Waals surface area contributed by atoms with Crippen LogP contribution in [0.5, 0.6) is 11.5 Å². The number of H-pyrrole nitrogens is 1. The average Bonchev–Trinajstić information content (AvgIpc) is 3.31. The lowest BCUT2D eigenvalue weighted by Crippen LogP contribution is -2.22. The van der Waals surface area contributed by atoms with Gasteiger partial charge in [0.2, 0.25) is 0 Å². The van der Waals surface area contributed by atoms with Crippen LogP contribution in [0.4, 0.5) is 0 Å². The van der Waals surface area contributed by atoms with Gasteiger partial charge in [0.15, 0.2) is 11.0 Å². The van der Waals surface area contributed by atoms with Crippen molar-refractivity contribution in [3.8, 4) is 11.5 Å². The number of benzene rings is 2. The molecule has 5 nitrogen and oxygen atoms in total. The predicted molar refractivity (Wildman–Crippen MR) is 107 cm³/mol. The van der Waals surface area contributed by atoms with E-state index < -0.39 is 0 Å². The Balaban J connectivity index is 1.53. The van der Waals surface area contributed by atoms with Gasteiger partial charge in [0.05, 0.1) is 16.6 Å². The lowest BCUT2D eigenvalue weighted by molar-refractivity contribution is -0.481. The molecule has 28 heavy (non-hydrogen) atoms. The van der Waals surface area contributed by atoms with Gasteiger partial charge in [-0.2, -0.15) is 4.40 Å². The highest BCUT2D eigenvalue weighted by Crippen LogP contribution is 2.39. The maximum Gasteiger partial charge on any atom is 0.292 e. The van der Waals surface area contributed by atoms with Gasteiger partial charge in [-0.3, -0.25) is 4.40 Å². The van der Waals surface area contributed by atoms with Crippen molar-refractivity contribution in [3.63, 3.8) is 0 Å². The molecule has 132 valence electrons. The van der Waals surface area contributed by atoms with Crippen molar-refractivity contribution >= 4 is 33.4 Å². The summed E-state index contributed by atoms with van der Waals surface area (Å²) in [5, 5.41) is 0. The Morgan fingerprint density at radius 3 is 2.79 bits per heavy atom. The molecular formula is C23H15N4O+. The fourth-order valence-electron chi connectivity index (χ4n) is 4.42. The predicted octanol–water partition coefficient (Wildman–Crippen LogP) is 4.40. The number of nitrogens with one attached hydrogen (secondary N) is 1. The number of imidazole rings is 2. The largest absolute Gasteiger partial charge is 0.456 e. The molecule has 0 radical (unpaired) electrons. The Labute approximate surface area is 159 Å². The zero-order valence-electron chi connectivity index (χ0n) is 14.9. The first kappa shape index (κ1) is 14.2. The van der Waals surface area contributed by atoms with E-state index in [9.17, 15) is 0 Å². The molecule has 2 aromatic carbocycles. The molecule has 0 saturated heterocycles. The van der Waals surface area contributed by atoms with Crippen molar-refractivity contribution in [2.45, 2.75) is 6.42 Å². The fraction of sp³-hybridized carbons (Fsp3) is 0.0435. The standard InChI is InChI=1S/C23H14N4O/c1-3-7-18-16(5-1)24-22-14-13-15-21(28-20(14)9-11-26(18)22)10-12-27-19-8-4-2-6-17(19)25-23(15)27/h1-12H,13H2/p+1. The Morgan fingerprint density at radius 2 is 1.79 bits per heavy atom. The minimum atomic E-state index is 0.773. The molecule has 0 aliphatic carbocycles. The third kappa shape index (κ3) is 1.71. The van der Waals surface area contributed by atoms with E-state index in [-0.39, 0.29) is 0 Å². The molecule has 0 unspecified atom stereocenters. The van der Waals surface area contributed by atoms with Crippen molar-refractivity contribution in [2.75, 3.05) is 0 Å². The Hall–Kier alpha value is -3.86. The molecule has 0 amide bonds. The lowest BCUT2D eigenvalue weighted by atomic mass is 10.0. The molecule has 6 aromatic rings. The number of rotatable bonds is 0. The molecule has 0 spiro atoms. The number of ether oxygens (including phenoxy) is 1. The van der Waals surface area contributed by atoms with Crippen molar-refractivity contribution in [2.24, 2.45) is 0 Å². The van der Waals surface area contributed by atoms with Gasteiger partial charge in [0.1, 0.15) is 23.3 Å². The van der Waals surface area contributed by atoms with Gasteiger partial charge in [-0.1, -0.05) is 24.3 Å². The van der Waals surface area contributed by atoms with Crippen LogP contribution in [-0.2, 0) is 6.42 Å². The van der Waals surface area contributed by atoms with Crippen LogP contribution in [-0.4, -0.2) is 14.4 Å². The summed E-state index contributed by atoms with van der Waals surface area (Å²) in [7, 11) is 0. The highest BCUT2D eigenvalue weighted by molar-refractivity contribution is 5.83. The summed E-state index contributed by atoms with van der Waals surface area (Å²) in [5.41, 5.74) is 8.71. The van der Waals surface area contributed by atoms with Crippen molar-refractivity contribution in [3.05, 3.63) is 84.2 Å². The average molecular weight is 363 g/mol. The Bertz CT molecular complexity index is 1460. The molecule has 1 aliphatic heterocycles. The molecule has 1 aliphatic rings. The minimum absolute atomic E-state index is 0.773. The number of aromatic amines is 1. The molecule has 4 aromatic heterocycles. The molecule has 0 saturated carbocycles. The number of nitrogens with zero attached hydrogens (tertiary/aromatic N) is 3. The summed E-state index contributed by atoms with van der Waals surface area (Å²) in [5.74, 6) is 1.79. The van der Waals surface area contributed by atoms with Crippen LogP contribution in [0, 0.1) is 0 Å². The second-order valence-corrected chi connectivity index (χ2v) is 7.25. The minimum Gasteiger partial charge on any atom is -0.456 e. The van der Waals surface area contributed by atoms with E-state index in [2.05, 4.69) is 62.4 Å². The quantitative estimate of drug-likeness (QED) is 0.406. The van der Waals surface area contributed by atoms with Gasteiger partial charge in [-0.25, -0.2) is 9.97 Å². The summed E-state index contributed by atoms with van der Waals surface area (Å²) in [6.07, 6.45) is 4.89. The van der Waals surface area contributed by atoms with Crippen molar-refractivity contribution < 1.29 is 9.14 Å². The van der Waals surface area contributed by atoms with Gasteiger partial charge in [0.25, 0.3) is 5.65 Å². The smallest absolute Gasteiger partial charge is 0.292 e. The monoisotopic (exact) mass is 363 g/mol. The first-order valence-corrected chi connectivity index (χ1v) is 9.37. The van der Waals surface area contributed by atoms with Crippen LogP contribution in [0.3, 0.4) is 0 Å². The summed E-state index contributed by atoms with van der Waals surface area (Å²) in [6.45, 7) is 0. The molecule has 7 rings (SSSR count). The van der Waals surface area contributed by atoms with E-state index in [1.165, 1.54) is 0 Å². The van der Waals surface area contributed by atoms with Gasteiger partial charge < -0.3 is 4.74 Å².